The molecule has 0 saturated carbocycles. The third-order valence-electron chi connectivity index (χ3n) is 7.68. The van der Waals surface area contributed by atoms with Crippen LogP contribution in [-0.2, 0) is 30.5 Å². The van der Waals surface area contributed by atoms with Gasteiger partial charge in [-0.2, -0.15) is 5.26 Å². The van der Waals surface area contributed by atoms with Crippen LogP contribution in [0.4, 0.5) is 11.4 Å². The second-order valence-corrected chi connectivity index (χ2v) is 12.4. The van der Waals surface area contributed by atoms with E-state index < -0.39 is 5.25 Å². The molecule has 5 rings (SSSR count). The van der Waals surface area contributed by atoms with Gasteiger partial charge in [0, 0.05) is 5.69 Å². The fourth-order valence-electron chi connectivity index (χ4n) is 5.47. The first-order valence-electron chi connectivity index (χ1n) is 12.9. The summed E-state index contributed by atoms with van der Waals surface area (Å²) in [7, 11) is 0. The Bertz CT molecular complexity index is 1300. The molecule has 1 amide bonds. The minimum absolute atomic E-state index is 0.0120. The lowest BCUT2D eigenvalue weighted by molar-refractivity contribution is -0.117. The van der Waals surface area contributed by atoms with Crippen LogP contribution in [0, 0.1) is 22.7 Å². The second kappa shape index (κ2) is 9.75. The van der Waals surface area contributed by atoms with E-state index >= 15 is 0 Å². The molecule has 2 unspecified atom stereocenters. The third kappa shape index (κ3) is 4.67. The van der Waals surface area contributed by atoms with Crippen LogP contribution < -0.4 is 4.90 Å². The summed E-state index contributed by atoms with van der Waals surface area (Å²) >= 11 is 1.41. The van der Waals surface area contributed by atoms with Gasteiger partial charge in [-0.3, -0.25) is 9.69 Å². The van der Waals surface area contributed by atoms with Crippen LogP contribution in [0.3, 0.4) is 0 Å². The zero-order valence-electron chi connectivity index (χ0n) is 21.5. The van der Waals surface area contributed by atoms with Crippen molar-refractivity contribution in [3.63, 3.8) is 0 Å². The Morgan fingerprint density at radius 2 is 1.64 bits per heavy atom. The summed E-state index contributed by atoms with van der Waals surface area (Å²) in [6.45, 7) is 8.80. The number of fused-ring (bicyclic) bond motifs is 3. The monoisotopic (exact) mass is 495 g/mol. The Balaban J connectivity index is 1.46. The molecule has 0 fully saturated rings. The number of nitrogens with zero attached hydrogens (tertiary/aromatic N) is 3. The number of carbonyl (C=O) groups is 1. The van der Waals surface area contributed by atoms with Crippen molar-refractivity contribution in [3.05, 3.63) is 82.5 Å². The lowest BCUT2D eigenvalue weighted by atomic mass is 9.71. The van der Waals surface area contributed by atoms with Crippen molar-refractivity contribution in [2.75, 3.05) is 4.90 Å². The number of carbonyl (C=O) groups excluding carboxylic acids is 1. The summed E-state index contributed by atoms with van der Waals surface area (Å²) in [4.78, 5) is 20.8. The average Bonchev–Trinajstić information content (AvgIpc) is 3.04. The van der Waals surface area contributed by atoms with Gasteiger partial charge in [-0.05, 0) is 85.3 Å². The molecule has 36 heavy (non-hydrogen) atoms. The van der Waals surface area contributed by atoms with Crippen LogP contribution in [0.15, 0.2) is 59.6 Å². The van der Waals surface area contributed by atoms with Crippen molar-refractivity contribution in [3.8, 4) is 6.07 Å². The molecule has 0 radical (unpaired) electrons. The molecule has 184 valence electrons. The molecule has 0 N–H and O–H groups in total. The Morgan fingerprint density at radius 1 is 1.03 bits per heavy atom. The van der Waals surface area contributed by atoms with E-state index in [1.807, 2.05) is 54.3 Å². The highest BCUT2D eigenvalue weighted by Crippen LogP contribution is 2.40. The maximum Gasteiger partial charge on any atom is 0.244 e. The van der Waals surface area contributed by atoms with Crippen LogP contribution >= 0.6 is 11.8 Å². The lowest BCUT2D eigenvalue weighted by Crippen LogP contribution is -2.33. The zero-order chi connectivity index (χ0) is 25.4. The Morgan fingerprint density at radius 3 is 2.22 bits per heavy atom. The zero-order valence-corrected chi connectivity index (χ0v) is 22.4. The van der Waals surface area contributed by atoms with E-state index in [0.29, 0.717) is 16.5 Å². The van der Waals surface area contributed by atoms with Crippen LogP contribution in [0.5, 0.6) is 0 Å². The van der Waals surface area contributed by atoms with Crippen molar-refractivity contribution in [1.82, 2.24) is 4.98 Å². The van der Waals surface area contributed by atoms with Gasteiger partial charge < -0.3 is 0 Å². The molecule has 2 aromatic carbocycles. The standard InChI is InChI=1S/C31H33N3OS/c1-20(36-29-24(19-32)17-23-18-25(31(2,3)4)15-16-26(23)33-29)30(35)34-27-11-7-5-9-21(27)13-14-22-10-6-8-12-28(22)34/h5-12,17,20,25H,13-16,18H2,1-4H3. The predicted molar refractivity (Wildman–Crippen MR) is 147 cm³/mol. The van der Waals surface area contributed by atoms with Gasteiger partial charge in [0.05, 0.1) is 22.2 Å². The van der Waals surface area contributed by atoms with E-state index in [0.717, 1.165) is 49.2 Å². The quantitative estimate of drug-likeness (QED) is 0.365. The number of hydrogen-bond acceptors (Lipinski definition) is 4. The Kier molecular flexibility index (Phi) is 6.66. The number of aryl methyl sites for hydroxylation is 3. The van der Waals surface area contributed by atoms with E-state index in [4.69, 9.17) is 4.98 Å². The topological polar surface area (TPSA) is 57.0 Å². The number of thioether (sulfide) groups is 1. The molecule has 1 aliphatic carbocycles. The summed E-state index contributed by atoms with van der Waals surface area (Å²) < 4.78 is 0. The molecule has 4 nitrogen and oxygen atoms in total. The molecule has 0 bridgehead atoms. The van der Waals surface area contributed by atoms with Crippen LogP contribution in [0.2, 0.25) is 0 Å². The number of aromatic nitrogens is 1. The first kappa shape index (κ1) is 24.6. The summed E-state index contributed by atoms with van der Waals surface area (Å²) in [5.41, 5.74) is 7.34. The fourth-order valence-corrected chi connectivity index (χ4v) is 6.41. The van der Waals surface area contributed by atoms with Gasteiger partial charge in [0.25, 0.3) is 0 Å². The first-order valence-corrected chi connectivity index (χ1v) is 13.7. The molecule has 1 aromatic heterocycles. The number of para-hydroxylation sites is 2. The van der Waals surface area contributed by atoms with Crippen LogP contribution in [-0.4, -0.2) is 16.1 Å². The van der Waals surface area contributed by atoms with Crippen molar-refractivity contribution in [2.24, 2.45) is 11.3 Å². The lowest BCUT2D eigenvalue weighted by Gasteiger charge is -2.34. The third-order valence-corrected chi connectivity index (χ3v) is 8.77. The largest absolute Gasteiger partial charge is 0.280 e. The summed E-state index contributed by atoms with van der Waals surface area (Å²) in [5.74, 6) is 0.596. The molecule has 2 atom stereocenters. The number of rotatable bonds is 3. The molecule has 2 heterocycles. The van der Waals surface area contributed by atoms with Gasteiger partial charge in [-0.15, -0.1) is 0 Å². The van der Waals surface area contributed by atoms with Gasteiger partial charge in [-0.1, -0.05) is 68.9 Å². The molecule has 0 saturated heterocycles. The Labute approximate surface area is 218 Å². The van der Waals surface area contributed by atoms with E-state index in [9.17, 15) is 10.1 Å². The number of hydrogen-bond donors (Lipinski definition) is 0. The number of benzene rings is 2. The minimum atomic E-state index is -0.396. The van der Waals surface area contributed by atoms with E-state index in [-0.39, 0.29) is 11.3 Å². The first-order chi connectivity index (χ1) is 17.3. The number of anilines is 2. The smallest absolute Gasteiger partial charge is 0.244 e. The summed E-state index contributed by atoms with van der Waals surface area (Å²) in [5, 5.41) is 10.2. The maximum atomic E-state index is 14.0. The SMILES string of the molecule is CC(Sc1nc2c(cc1C#N)CC(C(C)(C)C)CC2)C(=O)N1c2ccccc2CCc2ccccc21. The van der Waals surface area contributed by atoms with Crippen LogP contribution in [0.25, 0.3) is 0 Å². The number of amides is 1. The minimum Gasteiger partial charge on any atom is -0.280 e. The van der Waals surface area contributed by atoms with E-state index in [1.165, 1.54) is 28.5 Å². The molecular weight excluding hydrogens is 462 g/mol. The normalized spacial score (nSPS) is 17.8. The highest BCUT2D eigenvalue weighted by Gasteiger charge is 2.32. The molecule has 2 aliphatic rings. The van der Waals surface area contributed by atoms with Crippen molar-refractivity contribution >= 4 is 29.0 Å². The summed E-state index contributed by atoms with van der Waals surface area (Å²) in [6.07, 6.45) is 4.79. The van der Waals surface area contributed by atoms with Crippen LogP contribution in [0.1, 0.15) is 62.1 Å². The molecular formula is C31H33N3OS. The molecule has 0 spiro atoms. The molecule has 5 heteroatoms. The highest BCUT2D eigenvalue weighted by molar-refractivity contribution is 8.00. The maximum absolute atomic E-state index is 14.0. The predicted octanol–water partition coefficient (Wildman–Crippen LogP) is 7.05. The Hall–Kier alpha value is -3.10. The van der Waals surface area contributed by atoms with Gasteiger partial charge in [-0.25, -0.2) is 4.98 Å². The van der Waals surface area contributed by atoms with E-state index in [1.54, 1.807) is 0 Å². The van der Waals surface area contributed by atoms with Gasteiger partial charge in [0.1, 0.15) is 11.1 Å². The molecule has 1 aliphatic heterocycles. The van der Waals surface area contributed by atoms with Gasteiger partial charge in [0.15, 0.2) is 0 Å². The summed E-state index contributed by atoms with van der Waals surface area (Å²) in [6, 6.07) is 20.7. The fraction of sp³-hybridized carbons (Fsp3) is 0.387. The van der Waals surface area contributed by atoms with Crippen molar-refractivity contribution < 1.29 is 4.79 Å². The number of pyridine rings is 1. The average molecular weight is 496 g/mol. The number of nitriles is 1. The van der Waals surface area contributed by atoms with Gasteiger partial charge >= 0.3 is 0 Å². The molecule has 3 aromatic rings. The van der Waals surface area contributed by atoms with Crippen molar-refractivity contribution in [1.29, 1.82) is 5.26 Å². The van der Waals surface area contributed by atoms with Crippen molar-refractivity contribution in [2.45, 2.75) is 70.1 Å². The second-order valence-electron chi connectivity index (χ2n) is 11.1. The van der Waals surface area contributed by atoms with E-state index in [2.05, 4.69) is 39.0 Å². The highest BCUT2D eigenvalue weighted by atomic mass is 32.2. The van der Waals surface area contributed by atoms with Gasteiger partial charge in [0.2, 0.25) is 5.91 Å².